The van der Waals surface area contributed by atoms with Crippen molar-refractivity contribution in [3.63, 3.8) is 0 Å². The van der Waals surface area contributed by atoms with Crippen LogP contribution >= 0.6 is 23.2 Å². The molecule has 156 valence electrons. The van der Waals surface area contributed by atoms with Crippen molar-refractivity contribution in [1.82, 2.24) is 10.0 Å². The van der Waals surface area contributed by atoms with Gasteiger partial charge in [0.1, 0.15) is 5.69 Å². The molecule has 2 aromatic carbocycles. The number of nitrogens with zero attached hydrogens (tertiary/aromatic N) is 2. The zero-order chi connectivity index (χ0) is 21.7. The molecule has 3 aromatic rings. The highest BCUT2D eigenvalue weighted by Gasteiger charge is 2.18. The van der Waals surface area contributed by atoms with Crippen molar-refractivity contribution in [2.24, 2.45) is 0 Å². The van der Waals surface area contributed by atoms with Gasteiger partial charge in [-0.2, -0.15) is 0 Å². The molecule has 0 fully saturated rings. The predicted molar refractivity (Wildman–Crippen MR) is 115 cm³/mol. The molecule has 3 rings (SSSR count). The van der Waals surface area contributed by atoms with Crippen molar-refractivity contribution in [2.75, 3.05) is 4.72 Å². The smallest absolute Gasteiger partial charge is 0.285 e. The third-order valence-corrected chi connectivity index (χ3v) is 5.64. The Hall–Kier alpha value is -2.65. The minimum Gasteiger partial charge on any atom is -0.285 e. The molecule has 0 unspecified atom stereocenters. The first-order chi connectivity index (χ1) is 14.2. The number of rotatable bonds is 7. The number of anilines is 1. The first kappa shape index (κ1) is 22.0. The van der Waals surface area contributed by atoms with E-state index in [1.807, 2.05) is 6.07 Å². The number of hydroxylamine groups is 2. The Morgan fingerprint density at radius 1 is 1.00 bits per heavy atom. The van der Waals surface area contributed by atoms with Crippen LogP contribution in [0.1, 0.15) is 21.6 Å². The second-order valence-electron chi connectivity index (χ2n) is 6.42. The Morgan fingerprint density at radius 3 is 2.33 bits per heavy atom. The van der Waals surface area contributed by atoms with Gasteiger partial charge in [0.25, 0.3) is 5.91 Å². The summed E-state index contributed by atoms with van der Waals surface area (Å²) in [5, 5.41) is 11.2. The summed E-state index contributed by atoms with van der Waals surface area (Å²) in [4.78, 5) is 16.4. The van der Waals surface area contributed by atoms with E-state index in [1.54, 1.807) is 24.3 Å². The molecule has 0 saturated heterocycles. The molecule has 0 aliphatic rings. The first-order valence-corrected chi connectivity index (χ1v) is 11.1. The minimum absolute atomic E-state index is 0.0349. The number of carbonyl (C=O) groups is 1. The van der Waals surface area contributed by atoms with Crippen LogP contribution in [0, 0.1) is 0 Å². The van der Waals surface area contributed by atoms with E-state index in [2.05, 4.69) is 9.71 Å². The number of benzene rings is 2. The maximum Gasteiger partial charge on any atom is 0.296 e. The van der Waals surface area contributed by atoms with Crippen molar-refractivity contribution in [2.45, 2.75) is 12.3 Å². The summed E-state index contributed by atoms with van der Waals surface area (Å²) in [6, 6.07) is 16.1. The van der Waals surface area contributed by atoms with E-state index in [-0.39, 0.29) is 23.7 Å². The number of amides is 1. The van der Waals surface area contributed by atoms with Crippen LogP contribution < -0.4 is 4.72 Å². The van der Waals surface area contributed by atoms with Gasteiger partial charge >= 0.3 is 0 Å². The summed E-state index contributed by atoms with van der Waals surface area (Å²) in [5.74, 6) is -1.12. The van der Waals surface area contributed by atoms with Gasteiger partial charge in [-0.3, -0.25) is 19.7 Å². The Morgan fingerprint density at radius 2 is 1.67 bits per heavy atom. The molecule has 10 heteroatoms. The molecule has 2 N–H and O–H groups in total. The lowest BCUT2D eigenvalue weighted by atomic mass is 10.2. The Balaban J connectivity index is 1.72. The molecule has 1 amide bonds. The Bertz CT molecular complexity index is 1140. The molecule has 0 spiro atoms. The minimum atomic E-state index is -3.81. The van der Waals surface area contributed by atoms with Crippen LogP contribution in [-0.4, -0.2) is 29.6 Å². The van der Waals surface area contributed by atoms with Gasteiger partial charge in [-0.1, -0.05) is 53.5 Å². The third-order valence-electron chi connectivity index (χ3n) is 3.94. The van der Waals surface area contributed by atoms with Crippen LogP contribution in [0.4, 0.5) is 5.69 Å². The van der Waals surface area contributed by atoms with Crippen LogP contribution in [0.3, 0.4) is 0 Å². The van der Waals surface area contributed by atoms with Gasteiger partial charge in [-0.25, -0.2) is 13.5 Å². The van der Waals surface area contributed by atoms with Gasteiger partial charge < -0.3 is 0 Å². The number of halogens is 2. The molecule has 0 bridgehead atoms. The fourth-order valence-corrected chi connectivity index (χ4v) is 4.44. The number of pyridine rings is 1. The number of hydrogen-bond donors (Lipinski definition) is 2. The summed E-state index contributed by atoms with van der Waals surface area (Å²) in [5.41, 5.74) is 1.16. The Labute approximate surface area is 183 Å². The van der Waals surface area contributed by atoms with E-state index < -0.39 is 15.9 Å². The highest BCUT2D eigenvalue weighted by Crippen LogP contribution is 2.21. The average molecular weight is 466 g/mol. The van der Waals surface area contributed by atoms with Gasteiger partial charge in [0.15, 0.2) is 0 Å². The number of carbonyl (C=O) groups excluding carboxylic acids is 1. The van der Waals surface area contributed by atoms with Crippen molar-refractivity contribution >= 4 is 44.8 Å². The van der Waals surface area contributed by atoms with E-state index in [1.165, 1.54) is 36.5 Å². The zero-order valence-corrected chi connectivity index (χ0v) is 17.8. The Kier molecular flexibility index (Phi) is 6.94. The third kappa shape index (κ3) is 6.17. The fourth-order valence-electron chi connectivity index (χ4n) is 2.70. The molecule has 0 aliphatic heterocycles. The van der Waals surface area contributed by atoms with Gasteiger partial charge in [0.05, 0.1) is 18.0 Å². The van der Waals surface area contributed by atoms with Gasteiger partial charge in [-0.05, 0) is 41.5 Å². The summed E-state index contributed by atoms with van der Waals surface area (Å²) >= 11 is 11.8. The van der Waals surface area contributed by atoms with Crippen LogP contribution in [0.5, 0.6) is 0 Å². The van der Waals surface area contributed by atoms with E-state index in [0.717, 1.165) is 5.56 Å². The van der Waals surface area contributed by atoms with E-state index in [0.29, 0.717) is 20.7 Å². The SMILES string of the molecule is O=C(c1cc(NS(=O)(=O)Cc2cc(Cl)cc(Cl)c2)ccn1)N(O)Cc1ccccc1. The molecular formula is C20H17Cl2N3O4S. The van der Waals surface area contributed by atoms with Crippen LogP contribution in [-0.2, 0) is 22.3 Å². The molecule has 0 atom stereocenters. The number of sulfonamides is 1. The van der Waals surface area contributed by atoms with E-state index in [9.17, 15) is 18.4 Å². The average Bonchev–Trinajstić information content (AvgIpc) is 2.66. The van der Waals surface area contributed by atoms with Gasteiger partial charge in [0, 0.05) is 16.2 Å². The summed E-state index contributed by atoms with van der Waals surface area (Å²) in [6.07, 6.45) is 1.28. The van der Waals surface area contributed by atoms with Crippen LogP contribution in [0.25, 0.3) is 0 Å². The van der Waals surface area contributed by atoms with E-state index >= 15 is 0 Å². The maximum atomic E-state index is 12.5. The van der Waals surface area contributed by atoms with Gasteiger partial charge in [-0.15, -0.1) is 0 Å². The lowest BCUT2D eigenvalue weighted by molar-refractivity contribution is -0.0652. The number of nitrogens with one attached hydrogen (secondary N) is 1. The second kappa shape index (κ2) is 9.44. The van der Waals surface area contributed by atoms with Crippen molar-refractivity contribution < 1.29 is 18.4 Å². The van der Waals surface area contributed by atoms with Gasteiger partial charge in [0.2, 0.25) is 10.0 Å². The van der Waals surface area contributed by atoms with Crippen molar-refractivity contribution in [3.05, 3.63) is 93.7 Å². The lowest BCUT2D eigenvalue weighted by Gasteiger charge is -2.15. The highest BCUT2D eigenvalue weighted by atomic mass is 35.5. The van der Waals surface area contributed by atoms with Crippen LogP contribution in [0.15, 0.2) is 66.9 Å². The highest BCUT2D eigenvalue weighted by molar-refractivity contribution is 7.91. The quantitative estimate of drug-likeness (QED) is 0.398. The number of hydrogen-bond acceptors (Lipinski definition) is 5. The molecular weight excluding hydrogens is 449 g/mol. The molecule has 7 nitrogen and oxygen atoms in total. The molecule has 1 heterocycles. The second-order valence-corrected chi connectivity index (χ2v) is 9.01. The summed E-state index contributed by atoms with van der Waals surface area (Å²) < 4.78 is 27.4. The normalized spacial score (nSPS) is 11.2. The molecule has 30 heavy (non-hydrogen) atoms. The first-order valence-electron chi connectivity index (χ1n) is 8.68. The molecule has 0 saturated carbocycles. The fraction of sp³-hybridized carbons (Fsp3) is 0.100. The van der Waals surface area contributed by atoms with Crippen molar-refractivity contribution in [3.8, 4) is 0 Å². The zero-order valence-electron chi connectivity index (χ0n) is 15.5. The summed E-state index contributed by atoms with van der Waals surface area (Å²) in [6.45, 7) is -0.0349. The number of aromatic nitrogens is 1. The molecule has 0 aliphatic carbocycles. The topological polar surface area (TPSA) is 99.6 Å². The standard InChI is InChI=1S/C20H17Cl2N3O4S/c21-16-8-15(9-17(22)10-16)13-30(28,29)24-18-6-7-23-19(11-18)20(26)25(27)12-14-4-2-1-3-5-14/h1-11,27H,12-13H2,(H,23,24). The monoisotopic (exact) mass is 465 g/mol. The largest absolute Gasteiger partial charge is 0.296 e. The predicted octanol–water partition coefficient (Wildman–Crippen LogP) is 4.36. The molecule has 1 aromatic heterocycles. The lowest BCUT2D eigenvalue weighted by Crippen LogP contribution is -2.27. The van der Waals surface area contributed by atoms with Crippen LogP contribution in [0.2, 0.25) is 10.0 Å². The summed E-state index contributed by atoms with van der Waals surface area (Å²) in [7, 11) is -3.81. The maximum absolute atomic E-state index is 12.5. The van der Waals surface area contributed by atoms with E-state index in [4.69, 9.17) is 23.2 Å². The molecule has 0 radical (unpaired) electrons. The van der Waals surface area contributed by atoms with Crippen molar-refractivity contribution in [1.29, 1.82) is 0 Å².